The van der Waals surface area contributed by atoms with Crippen LogP contribution in [0.3, 0.4) is 0 Å². The minimum atomic E-state index is -2.81. The highest BCUT2D eigenvalue weighted by Crippen LogP contribution is 2.27. The molecule has 1 aromatic carbocycles. The van der Waals surface area contributed by atoms with Crippen LogP contribution in [0.1, 0.15) is 34.0 Å². The van der Waals surface area contributed by atoms with Crippen molar-refractivity contribution in [2.24, 2.45) is 0 Å². The van der Waals surface area contributed by atoms with Crippen LogP contribution >= 0.6 is 23.2 Å². The third kappa shape index (κ3) is 3.96. The van der Waals surface area contributed by atoms with Crippen molar-refractivity contribution in [3.05, 3.63) is 63.2 Å². The number of anilines is 1. The fourth-order valence-corrected chi connectivity index (χ4v) is 3.13. The zero-order valence-corrected chi connectivity index (χ0v) is 15.9. The molecule has 0 radical (unpaired) electrons. The third-order valence-corrected chi connectivity index (χ3v) is 4.74. The summed E-state index contributed by atoms with van der Waals surface area (Å²) in [4.78, 5) is 12.3. The molecular weight excluding hydrogens is 399 g/mol. The molecule has 6 nitrogen and oxygen atoms in total. The number of amides is 1. The molecule has 3 rings (SSSR count). The maximum absolute atomic E-state index is 12.6. The van der Waals surface area contributed by atoms with E-state index in [1.807, 2.05) is 0 Å². The van der Waals surface area contributed by atoms with Gasteiger partial charge in [-0.15, -0.1) is 0 Å². The summed E-state index contributed by atoms with van der Waals surface area (Å²) < 4.78 is 27.3. The zero-order valence-electron chi connectivity index (χ0n) is 14.4. The number of benzene rings is 1. The van der Waals surface area contributed by atoms with E-state index in [1.54, 1.807) is 36.7 Å². The van der Waals surface area contributed by atoms with Crippen LogP contribution in [0.2, 0.25) is 10.0 Å². The fourth-order valence-electron chi connectivity index (χ4n) is 2.61. The Morgan fingerprint density at radius 1 is 1.19 bits per heavy atom. The Morgan fingerprint density at radius 3 is 2.44 bits per heavy atom. The van der Waals surface area contributed by atoms with Crippen molar-refractivity contribution >= 4 is 34.8 Å². The minimum Gasteiger partial charge on any atom is -0.317 e. The molecule has 0 aliphatic rings. The van der Waals surface area contributed by atoms with Crippen LogP contribution in [0.4, 0.5) is 14.5 Å². The molecule has 0 fully saturated rings. The highest BCUT2D eigenvalue weighted by molar-refractivity contribution is 6.35. The zero-order chi connectivity index (χ0) is 19.7. The number of carbonyl (C=O) groups excluding carboxylic acids is 1. The Hall–Kier alpha value is -2.45. The molecule has 0 aliphatic heterocycles. The number of aryl methyl sites for hydroxylation is 1. The van der Waals surface area contributed by atoms with Gasteiger partial charge in [-0.25, -0.2) is 4.68 Å². The van der Waals surface area contributed by atoms with Crippen LogP contribution in [-0.2, 0) is 6.54 Å². The van der Waals surface area contributed by atoms with Crippen LogP contribution < -0.4 is 5.32 Å². The second-order valence-corrected chi connectivity index (χ2v) is 6.63. The van der Waals surface area contributed by atoms with E-state index < -0.39 is 12.5 Å². The average molecular weight is 414 g/mol. The first-order chi connectivity index (χ1) is 12.8. The van der Waals surface area contributed by atoms with E-state index in [1.165, 1.54) is 6.07 Å². The minimum absolute atomic E-state index is 0.115. The third-order valence-electron chi connectivity index (χ3n) is 4.03. The van der Waals surface area contributed by atoms with Gasteiger partial charge in [0, 0.05) is 21.8 Å². The summed E-state index contributed by atoms with van der Waals surface area (Å²) in [5.41, 5.74) is 2.31. The summed E-state index contributed by atoms with van der Waals surface area (Å²) in [6.07, 6.45) is 1.04. The van der Waals surface area contributed by atoms with Gasteiger partial charge in [-0.1, -0.05) is 29.3 Å². The van der Waals surface area contributed by atoms with E-state index in [0.717, 1.165) is 6.20 Å². The monoisotopic (exact) mass is 413 g/mol. The van der Waals surface area contributed by atoms with Crippen molar-refractivity contribution in [3.8, 4) is 0 Å². The number of nitrogens with zero attached hydrogens (tertiary/aromatic N) is 4. The topological polar surface area (TPSA) is 64.7 Å². The number of hydrogen-bond acceptors (Lipinski definition) is 3. The first-order valence-electron chi connectivity index (χ1n) is 7.89. The van der Waals surface area contributed by atoms with Crippen molar-refractivity contribution in [1.82, 2.24) is 19.6 Å². The summed E-state index contributed by atoms with van der Waals surface area (Å²) in [6.45, 7) is 1.02. The van der Waals surface area contributed by atoms with Gasteiger partial charge in [0.05, 0.1) is 23.6 Å². The van der Waals surface area contributed by atoms with E-state index in [4.69, 9.17) is 23.2 Å². The Balaban J connectivity index is 1.84. The molecule has 0 unspecified atom stereocenters. The van der Waals surface area contributed by atoms with E-state index in [9.17, 15) is 13.6 Å². The summed E-state index contributed by atoms with van der Waals surface area (Å²) in [5.74, 6) is -0.601. The standard InChI is InChI=1S/C17H15Cl2F2N5O/c1-9-15(22-16(27)14-6-7-25(24-14)17(20)21)10(2)26(23-9)8-11-12(18)4-3-5-13(11)19/h3-7,17H,8H2,1-2H3,(H,22,27). The second kappa shape index (κ2) is 7.66. The van der Waals surface area contributed by atoms with E-state index in [-0.39, 0.29) is 5.69 Å². The first kappa shape index (κ1) is 19.3. The smallest absolute Gasteiger partial charge is 0.317 e. The number of aromatic nitrogens is 4. The molecule has 1 amide bonds. The quantitative estimate of drug-likeness (QED) is 0.659. The molecule has 27 heavy (non-hydrogen) atoms. The molecule has 0 spiro atoms. The first-order valence-corrected chi connectivity index (χ1v) is 8.65. The molecule has 142 valence electrons. The number of carbonyl (C=O) groups is 1. The van der Waals surface area contributed by atoms with Crippen molar-refractivity contribution in [1.29, 1.82) is 0 Å². The van der Waals surface area contributed by atoms with Gasteiger partial charge in [0.15, 0.2) is 5.69 Å². The van der Waals surface area contributed by atoms with Crippen LogP contribution in [0.15, 0.2) is 30.5 Å². The molecule has 0 saturated carbocycles. The Labute approximate surface area is 163 Å². The van der Waals surface area contributed by atoms with Gasteiger partial charge in [0.25, 0.3) is 5.91 Å². The lowest BCUT2D eigenvalue weighted by molar-refractivity contribution is 0.0561. The molecule has 10 heteroatoms. The molecule has 0 bridgehead atoms. The van der Waals surface area contributed by atoms with Gasteiger partial charge in [-0.2, -0.15) is 19.0 Å². The van der Waals surface area contributed by atoms with E-state index in [0.29, 0.717) is 43.9 Å². The maximum Gasteiger partial charge on any atom is 0.333 e. The predicted octanol–water partition coefficient (Wildman–Crippen LogP) is 4.70. The molecule has 2 aromatic heterocycles. The molecule has 0 saturated heterocycles. The fraction of sp³-hybridized carbons (Fsp3) is 0.235. The van der Waals surface area contributed by atoms with Crippen LogP contribution in [0.25, 0.3) is 0 Å². The van der Waals surface area contributed by atoms with Crippen molar-refractivity contribution < 1.29 is 13.6 Å². The van der Waals surface area contributed by atoms with Crippen LogP contribution in [0, 0.1) is 13.8 Å². The predicted molar refractivity (Wildman–Crippen MR) is 98.7 cm³/mol. The highest BCUT2D eigenvalue weighted by atomic mass is 35.5. The van der Waals surface area contributed by atoms with Gasteiger partial charge in [0.2, 0.25) is 0 Å². The molecular formula is C17H15Cl2F2N5O. The van der Waals surface area contributed by atoms with E-state index >= 15 is 0 Å². The van der Waals surface area contributed by atoms with Crippen molar-refractivity contribution in [3.63, 3.8) is 0 Å². The van der Waals surface area contributed by atoms with Crippen LogP contribution in [0.5, 0.6) is 0 Å². The molecule has 3 aromatic rings. The summed E-state index contributed by atoms with van der Waals surface area (Å²) in [6, 6.07) is 6.44. The molecule has 0 atom stereocenters. The number of nitrogens with one attached hydrogen (secondary N) is 1. The lowest BCUT2D eigenvalue weighted by atomic mass is 10.2. The van der Waals surface area contributed by atoms with Gasteiger partial charge in [0.1, 0.15) is 0 Å². The SMILES string of the molecule is Cc1nn(Cc2c(Cl)cccc2Cl)c(C)c1NC(=O)c1ccn(C(F)F)n1. The Bertz CT molecular complexity index is 979. The van der Waals surface area contributed by atoms with Gasteiger partial charge < -0.3 is 5.32 Å². The molecule has 0 aliphatic carbocycles. The maximum atomic E-state index is 12.6. The van der Waals surface area contributed by atoms with Crippen molar-refractivity contribution in [2.45, 2.75) is 26.9 Å². The Kier molecular flexibility index (Phi) is 5.48. The lowest BCUT2D eigenvalue weighted by Crippen LogP contribution is -2.15. The highest BCUT2D eigenvalue weighted by Gasteiger charge is 2.19. The van der Waals surface area contributed by atoms with Gasteiger partial charge >= 0.3 is 6.55 Å². The van der Waals surface area contributed by atoms with Crippen LogP contribution in [-0.4, -0.2) is 25.5 Å². The normalized spacial score (nSPS) is 11.2. The number of alkyl halides is 2. The van der Waals surface area contributed by atoms with Crippen molar-refractivity contribution in [2.75, 3.05) is 5.32 Å². The molecule has 2 heterocycles. The summed E-state index contributed by atoms with van der Waals surface area (Å²) >= 11 is 12.4. The summed E-state index contributed by atoms with van der Waals surface area (Å²) in [5, 5.41) is 11.7. The molecule has 1 N–H and O–H groups in total. The van der Waals surface area contributed by atoms with Gasteiger partial charge in [-0.3, -0.25) is 9.48 Å². The second-order valence-electron chi connectivity index (χ2n) is 5.82. The Morgan fingerprint density at radius 2 is 1.85 bits per heavy atom. The van der Waals surface area contributed by atoms with E-state index in [2.05, 4.69) is 15.5 Å². The number of rotatable bonds is 5. The summed E-state index contributed by atoms with van der Waals surface area (Å²) in [7, 11) is 0. The number of halogens is 4. The number of hydrogen-bond donors (Lipinski definition) is 1. The van der Waals surface area contributed by atoms with Gasteiger partial charge in [-0.05, 0) is 32.0 Å². The average Bonchev–Trinajstić information content (AvgIpc) is 3.19. The lowest BCUT2D eigenvalue weighted by Gasteiger charge is -2.09. The largest absolute Gasteiger partial charge is 0.333 e.